The molecule has 2 heterocycles. The minimum Gasteiger partial charge on any atom is -0.378 e. The highest BCUT2D eigenvalue weighted by Crippen LogP contribution is 2.21. The zero-order valence-electron chi connectivity index (χ0n) is 16.1. The number of carbonyl (C=O) groups is 2. The molecule has 0 bridgehead atoms. The first-order valence-corrected chi connectivity index (χ1v) is 10.1. The predicted molar refractivity (Wildman–Crippen MR) is 108 cm³/mol. The molecule has 0 unspecified atom stereocenters. The second-order valence-electron chi connectivity index (χ2n) is 6.57. The highest BCUT2D eigenvalue weighted by atomic mass is 32.2. The van der Waals surface area contributed by atoms with Crippen molar-refractivity contribution in [2.75, 3.05) is 45.6 Å². The third kappa shape index (κ3) is 5.53. The molecule has 0 atom stereocenters. The van der Waals surface area contributed by atoms with Gasteiger partial charge in [0.25, 0.3) is 0 Å². The van der Waals surface area contributed by atoms with E-state index in [9.17, 15) is 9.59 Å². The first kappa shape index (κ1) is 20.3. The number of rotatable bonds is 6. The fourth-order valence-electron chi connectivity index (χ4n) is 2.80. The van der Waals surface area contributed by atoms with Gasteiger partial charge >= 0.3 is 0 Å². The van der Waals surface area contributed by atoms with Gasteiger partial charge in [-0.05, 0) is 13.0 Å². The number of aryl methyl sites for hydroxylation is 1. The Morgan fingerprint density at radius 3 is 2.61 bits per heavy atom. The van der Waals surface area contributed by atoms with Gasteiger partial charge in [0, 0.05) is 31.4 Å². The molecule has 7 nitrogen and oxygen atoms in total. The van der Waals surface area contributed by atoms with Gasteiger partial charge in [0.2, 0.25) is 11.8 Å². The summed E-state index contributed by atoms with van der Waals surface area (Å²) in [6.45, 7) is 4.24. The molecule has 2 aromatic rings. The van der Waals surface area contributed by atoms with Crippen LogP contribution in [0.25, 0.3) is 11.3 Å². The summed E-state index contributed by atoms with van der Waals surface area (Å²) in [5.74, 6) is 0.00481. The van der Waals surface area contributed by atoms with E-state index >= 15 is 0 Å². The summed E-state index contributed by atoms with van der Waals surface area (Å²) >= 11 is 1.28. The number of carbonyl (C=O) groups excluding carboxylic acids is 2. The monoisotopic (exact) mass is 400 g/mol. The molecule has 0 saturated carbocycles. The Morgan fingerprint density at radius 2 is 1.89 bits per heavy atom. The molecule has 8 heteroatoms. The second kappa shape index (κ2) is 9.66. The van der Waals surface area contributed by atoms with Gasteiger partial charge in [-0.1, -0.05) is 42.1 Å². The summed E-state index contributed by atoms with van der Waals surface area (Å²) in [4.78, 5) is 36.9. The van der Waals surface area contributed by atoms with Crippen molar-refractivity contribution in [3.8, 4) is 11.3 Å². The van der Waals surface area contributed by atoms with Crippen molar-refractivity contribution in [1.29, 1.82) is 0 Å². The van der Waals surface area contributed by atoms with Gasteiger partial charge in [-0.3, -0.25) is 9.59 Å². The molecule has 28 heavy (non-hydrogen) atoms. The Labute approximate surface area is 169 Å². The van der Waals surface area contributed by atoms with E-state index in [1.807, 2.05) is 43.3 Å². The molecule has 1 fully saturated rings. The van der Waals surface area contributed by atoms with Crippen LogP contribution in [0.15, 0.2) is 41.6 Å². The predicted octanol–water partition coefficient (Wildman–Crippen LogP) is 1.86. The fourth-order valence-corrected chi connectivity index (χ4v) is 3.65. The van der Waals surface area contributed by atoms with E-state index in [0.29, 0.717) is 31.5 Å². The third-order valence-electron chi connectivity index (χ3n) is 4.39. The van der Waals surface area contributed by atoms with E-state index < -0.39 is 0 Å². The molecular formula is C20H24N4O3S. The fraction of sp³-hybridized carbons (Fsp3) is 0.400. The average molecular weight is 401 g/mol. The lowest BCUT2D eigenvalue weighted by Crippen LogP contribution is -2.46. The van der Waals surface area contributed by atoms with E-state index in [0.717, 1.165) is 17.0 Å². The molecule has 1 aromatic heterocycles. The molecule has 1 aromatic carbocycles. The number of morpholine rings is 1. The maximum absolute atomic E-state index is 12.4. The van der Waals surface area contributed by atoms with Gasteiger partial charge in [0.05, 0.1) is 31.2 Å². The van der Waals surface area contributed by atoms with Crippen LogP contribution >= 0.6 is 11.8 Å². The van der Waals surface area contributed by atoms with Crippen LogP contribution in [0.5, 0.6) is 0 Å². The van der Waals surface area contributed by atoms with Crippen LogP contribution in [-0.2, 0) is 14.3 Å². The normalized spacial score (nSPS) is 14.0. The van der Waals surface area contributed by atoms with E-state index in [1.165, 1.54) is 16.7 Å². The number of benzene rings is 1. The van der Waals surface area contributed by atoms with Gasteiger partial charge in [-0.15, -0.1) is 0 Å². The van der Waals surface area contributed by atoms with Crippen molar-refractivity contribution in [2.24, 2.45) is 0 Å². The Morgan fingerprint density at radius 1 is 1.18 bits per heavy atom. The molecular weight excluding hydrogens is 376 g/mol. The van der Waals surface area contributed by atoms with Gasteiger partial charge in [0.15, 0.2) is 5.16 Å². The molecule has 1 saturated heterocycles. The molecule has 0 spiro atoms. The summed E-state index contributed by atoms with van der Waals surface area (Å²) in [6, 6.07) is 11.8. The highest BCUT2D eigenvalue weighted by Gasteiger charge is 2.20. The molecule has 3 rings (SSSR count). The number of hydrogen-bond acceptors (Lipinski definition) is 6. The van der Waals surface area contributed by atoms with E-state index in [4.69, 9.17) is 4.74 Å². The first-order valence-electron chi connectivity index (χ1n) is 9.16. The van der Waals surface area contributed by atoms with Crippen molar-refractivity contribution in [3.05, 3.63) is 42.1 Å². The van der Waals surface area contributed by atoms with Crippen LogP contribution in [0.2, 0.25) is 0 Å². The van der Waals surface area contributed by atoms with Crippen molar-refractivity contribution in [3.63, 3.8) is 0 Å². The van der Waals surface area contributed by atoms with E-state index in [-0.39, 0.29) is 24.1 Å². The number of nitrogens with zero attached hydrogens (tertiary/aromatic N) is 4. The Hall–Kier alpha value is -2.45. The first-order chi connectivity index (χ1) is 13.5. The van der Waals surface area contributed by atoms with Crippen LogP contribution in [-0.4, -0.2) is 77.2 Å². The molecule has 1 aliphatic heterocycles. The maximum Gasteiger partial charge on any atom is 0.242 e. The van der Waals surface area contributed by atoms with Gasteiger partial charge in [-0.25, -0.2) is 9.97 Å². The number of hydrogen-bond donors (Lipinski definition) is 0. The van der Waals surface area contributed by atoms with Crippen LogP contribution in [0.1, 0.15) is 5.69 Å². The van der Waals surface area contributed by atoms with Crippen LogP contribution in [0.4, 0.5) is 0 Å². The lowest BCUT2D eigenvalue weighted by molar-refractivity contribution is -0.140. The van der Waals surface area contributed by atoms with Crippen LogP contribution < -0.4 is 0 Å². The van der Waals surface area contributed by atoms with Crippen molar-refractivity contribution in [1.82, 2.24) is 19.8 Å². The van der Waals surface area contributed by atoms with Gasteiger partial charge in [-0.2, -0.15) is 0 Å². The zero-order chi connectivity index (χ0) is 19.9. The summed E-state index contributed by atoms with van der Waals surface area (Å²) in [5.41, 5.74) is 2.69. The minimum atomic E-state index is -0.127. The summed E-state index contributed by atoms with van der Waals surface area (Å²) in [7, 11) is 1.65. The highest BCUT2D eigenvalue weighted by molar-refractivity contribution is 7.99. The molecule has 1 aliphatic rings. The standard InChI is InChI=1S/C20H24N4O3S/c1-15-12-17(16-6-4-3-5-7-16)22-20(21-15)28-14-19(26)23(2)13-18(25)24-8-10-27-11-9-24/h3-7,12H,8-11,13-14H2,1-2H3. The smallest absolute Gasteiger partial charge is 0.242 e. The number of amides is 2. The lowest BCUT2D eigenvalue weighted by Gasteiger charge is -2.28. The van der Waals surface area contributed by atoms with Crippen molar-refractivity contribution < 1.29 is 14.3 Å². The third-order valence-corrected chi connectivity index (χ3v) is 5.22. The largest absolute Gasteiger partial charge is 0.378 e. The Bertz CT molecular complexity index is 825. The second-order valence-corrected chi connectivity index (χ2v) is 7.52. The Balaban J connectivity index is 1.56. The molecule has 2 amide bonds. The van der Waals surface area contributed by atoms with Crippen LogP contribution in [0.3, 0.4) is 0 Å². The van der Waals surface area contributed by atoms with Crippen molar-refractivity contribution in [2.45, 2.75) is 12.1 Å². The molecule has 0 radical (unpaired) electrons. The lowest BCUT2D eigenvalue weighted by atomic mass is 10.1. The zero-order valence-corrected chi connectivity index (χ0v) is 16.9. The summed E-state index contributed by atoms with van der Waals surface area (Å²) in [6.07, 6.45) is 0. The number of aromatic nitrogens is 2. The number of ether oxygens (including phenoxy) is 1. The van der Waals surface area contributed by atoms with E-state index in [2.05, 4.69) is 9.97 Å². The number of likely N-dealkylation sites (N-methyl/N-ethyl adjacent to an activating group) is 1. The number of thioether (sulfide) groups is 1. The minimum absolute atomic E-state index is 0.0534. The summed E-state index contributed by atoms with van der Waals surface area (Å²) < 4.78 is 5.25. The Kier molecular flexibility index (Phi) is 7.00. The van der Waals surface area contributed by atoms with Crippen molar-refractivity contribution >= 4 is 23.6 Å². The molecule has 148 valence electrons. The van der Waals surface area contributed by atoms with Gasteiger partial charge in [0.1, 0.15) is 0 Å². The average Bonchev–Trinajstić information content (AvgIpc) is 2.72. The molecule has 0 N–H and O–H groups in total. The molecule has 0 aliphatic carbocycles. The SMILES string of the molecule is Cc1cc(-c2ccccc2)nc(SCC(=O)N(C)CC(=O)N2CCOCC2)n1. The van der Waals surface area contributed by atoms with Crippen LogP contribution in [0, 0.1) is 6.92 Å². The van der Waals surface area contributed by atoms with E-state index in [1.54, 1.807) is 11.9 Å². The topological polar surface area (TPSA) is 75.6 Å². The summed E-state index contributed by atoms with van der Waals surface area (Å²) in [5, 5.41) is 0.556. The van der Waals surface area contributed by atoms with Gasteiger partial charge < -0.3 is 14.5 Å². The quantitative estimate of drug-likeness (QED) is 0.544. The maximum atomic E-state index is 12.4.